The van der Waals surface area contributed by atoms with Crippen LogP contribution in [0, 0.1) is 17.0 Å². The maximum Gasteiger partial charge on any atom is 0.287 e. The van der Waals surface area contributed by atoms with Crippen LogP contribution < -0.4 is 10.6 Å². The maximum atomic E-state index is 11.5. The maximum absolute atomic E-state index is 11.5. The van der Waals surface area contributed by atoms with Gasteiger partial charge in [0.25, 0.3) is 5.69 Å². The second-order valence-electron chi connectivity index (χ2n) is 4.63. The average molecular weight is 264 g/mol. The van der Waals surface area contributed by atoms with Crippen molar-refractivity contribution < 1.29 is 9.72 Å². The first-order valence-corrected chi connectivity index (χ1v) is 6.20. The number of hydrogen-bond acceptors (Lipinski definition) is 5. The molecule has 0 atom stereocenters. The van der Waals surface area contributed by atoms with E-state index < -0.39 is 4.92 Å². The lowest BCUT2D eigenvalue weighted by Crippen LogP contribution is -2.27. The Morgan fingerprint density at radius 1 is 1.58 bits per heavy atom. The Morgan fingerprint density at radius 3 is 2.89 bits per heavy atom. The van der Waals surface area contributed by atoms with Crippen molar-refractivity contribution in [2.24, 2.45) is 0 Å². The van der Waals surface area contributed by atoms with Gasteiger partial charge in [0, 0.05) is 25.1 Å². The number of carbonyl (C=O) groups excluding carboxylic acids is 1. The molecule has 0 aliphatic heterocycles. The van der Waals surface area contributed by atoms with Crippen molar-refractivity contribution in [1.82, 2.24) is 10.3 Å². The summed E-state index contributed by atoms with van der Waals surface area (Å²) in [5, 5.41) is 16.5. The third-order valence-electron chi connectivity index (χ3n) is 2.86. The van der Waals surface area contributed by atoms with Gasteiger partial charge in [-0.1, -0.05) is 0 Å². The average Bonchev–Trinajstić information content (AvgIpc) is 3.14. The summed E-state index contributed by atoms with van der Waals surface area (Å²) in [7, 11) is 0. The molecule has 7 heteroatoms. The van der Waals surface area contributed by atoms with Crippen LogP contribution in [0.3, 0.4) is 0 Å². The highest BCUT2D eigenvalue weighted by Gasteiger charge is 2.22. The summed E-state index contributed by atoms with van der Waals surface area (Å²) in [6, 6.07) is 1.83. The van der Waals surface area contributed by atoms with Gasteiger partial charge in [0.1, 0.15) is 12.0 Å². The van der Waals surface area contributed by atoms with E-state index in [4.69, 9.17) is 0 Å². The Bertz CT molecular complexity index is 500. The highest BCUT2D eigenvalue weighted by molar-refractivity contribution is 5.77. The molecule has 1 aliphatic carbocycles. The Labute approximate surface area is 110 Å². The van der Waals surface area contributed by atoms with Crippen LogP contribution in [0.5, 0.6) is 0 Å². The first-order chi connectivity index (χ1) is 9.06. The molecule has 0 aromatic carbocycles. The summed E-state index contributed by atoms with van der Waals surface area (Å²) < 4.78 is 0. The summed E-state index contributed by atoms with van der Waals surface area (Å²) in [5.74, 6) is 0.597. The van der Waals surface area contributed by atoms with Crippen LogP contribution in [0.4, 0.5) is 11.5 Å². The van der Waals surface area contributed by atoms with Gasteiger partial charge in [-0.25, -0.2) is 4.98 Å². The van der Waals surface area contributed by atoms with Crippen LogP contribution in [-0.2, 0) is 4.79 Å². The molecular formula is C12H16N4O3. The van der Waals surface area contributed by atoms with Crippen LogP contribution in [0.2, 0.25) is 0 Å². The highest BCUT2D eigenvalue weighted by atomic mass is 16.6. The van der Waals surface area contributed by atoms with Crippen molar-refractivity contribution >= 4 is 17.4 Å². The number of hydrogen-bond donors (Lipinski definition) is 2. The summed E-state index contributed by atoms with van der Waals surface area (Å²) >= 11 is 0. The van der Waals surface area contributed by atoms with Gasteiger partial charge in [-0.05, 0) is 25.3 Å². The summed E-state index contributed by atoms with van der Waals surface area (Å²) in [4.78, 5) is 25.5. The van der Waals surface area contributed by atoms with E-state index in [9.17, 15) is 14.9 Å². The first kappa shape index (κ1) is 13.3. The molecule has 0 unspecified atom stereocenters. The molecule has 1 aromatic rings. The van der Waals surface area contributed by atoms with Gasteiger partial charge < -0.3 is 10.6 Å². The van der Waals surface area contributed by atoms with Crippen molar-refractivity contribution in [2.45, 2.75) is 32.2 Å². The number of nitro groups is 1. The summed E-state index contributed by atoms with van der Waals surface area (Å²) in [6.45, 7) is 2.21. The molecule has 0 spiro atoms. The van der Waals surface area contributed by atoms with Crippen LogP contribution in [0.1, 0.15) is 24.8 Å². The molecule has 102 valence electrons. The third kappa shape index (κ3) is 3.90. The van der Waals surface area contributed by atoms with Crippen molar-refractivity contribution in [2.75, 3.05) is 11.9 Å². The lowest BCUT2D eigenvalue weighted by Gasteiger charge is -2.08. The number of aryl methyl sites for hydroxylation is 1. The molecule has 2 rings (SSSR count). The Hall–Kier alpha value is -2.18. The van der Waals surface area contributed by atoms with Crippen molar-refractivity contribution in [3.63, 3.8) is 0 Å². The standard InChI is InChI=1S/C12H16N4O3/c1-8-6-10(16(18)19)7-14-12(8)13-5-4-11(17)15-9-2-3-9/h6-7,9H,2-5H2,1H3,(H,13,14)(H,15,17). The summed E-state index contributed by atoms with van der Waals surface area (Å²) in [5.41, 5.74) is 0.659. The highest BCUT2D eigenvalue weighted by Crippen LogP contribution is 2.19. The molecule has 7 nitrogen and oxygen atoms in total. The van der Waals surface area contributed by atoms with Gasteiger partial charge in [-0.3, -0.25) is 14.9 Å². The fraction of sp³-hybridized carbons (Fsp3) is 0.500. The van der Waals surface area contributed by atoms with Crippen LogP contribution in [-0.4, -0.2) is 28.4 Å². The minimum Gasteiger partial charge on any atom is -0.369 e. The number of amides is 1. The molecule has 2 N–H and O–H groups in total. The van der Waals surface area contributed by atoms with Gasteiger partial charge in [-0.15, -0.1) is 0 Å². The number of nitrogens with one attached hydrogen (secondary N) is 2. The van der Waals surface area contributed by atoms with Crippen LogP contribution >= 0.6 is 0 Å². The third-order valence-corrected chi connectivity index (χ3v) is 2.86. The van der Waals surface area contributed by atoms with Gasteiger partial charge in [-0.2, -0.15) is 0 Å². The fourth-order valence-electron chi connectivity index (χ4n) is 1.67. The van der Waals surface area contributed by atoms with E-state index >= 15 is 0 Å². The quantitative estimate of drug-likeness (QED) is 0.597. The number of carbonyl (C=O) groups is 1. The van der Waals surface area contributed by atoms with E-state index in [0.29, 0.717) is 30.4 Å². The molecule has 1 aliphatic rings. The molecule has 1 fully saturated rings. The van der Waals surface area contributed by atoms with Gasteiger partial charge in [0.15, 0.2) is 0 Å². The van der Waals surface area contributed by atoms with Gasteiger partial charge >= 0.3 is 0 Å². The predicted molar refractivity (Wildman–Crippen MR) is 69.9 cm³/mol. The number of aromatic nitrogens is 1. The van der Waals surface area contributed by atoms with E-state index in [2.05, 4.69) is 15.6 Å². The lowest BCUT2D eigenvalue weighted by atomic mass is 10.2. The van der Waals surface area contributed by atoms with Crippen molar-refractivity contribution in [1.29, 1.82) is 0 Å². The molecule has 0 saturated heterocycles. The Balaban J connectivity index is 1.81. The molecule has 1 saturated carbocycles. The van der Waals surface area contributed by atoms with Crippen LogP contribution in [0.15, 0.2) is 12.3 Å². The molecule has 0 bridgehead atoms. The number of nitrogens with zero attached hydrogens (tertiary/aromatic N) is 2. The van der Waals surface area contributed by atoms with E-state index in [0.717, 1.165) is 12.8 Å². The van der Waals surface area contributed by atoms with E-state index in [1.54, 1.807) is 6.92 Å². The van der Waals surface area contributed by atoms with E-state index in [1.807, 2.05) is 0 Å². The minimum atomic E-state index is -0.479. The molecule has 0 radical (unpaired) electrons. The zero-order valence-electron chi connectivity index (χ0n) is 10.7. The minimum absolute atomic E-state index is 0.0227. The summed E-state index contributed by atoms with van der Waals surface area (Å²) in [6.07, 6.45) is 3.72. The number of rotatable bonds is 6. The molecule has 1 amide bonds. The topological polar surface area (TPSA) is 97.2 Å². The Morgan fingerprint density at radius 2 is 2.32 bits per heavy atom. The second kappa shape index (κ2) is 5.64. The molecule has 1 aromatic heterocycles. The van der Waals surface area contributed by atoms with E-state index in [1.165, 1.54) is 12.3 Å². The smallest absolute Gasteiger partial charge is 0.287 e. The van der Waals surface area contributed by atoms with Crippen molar-refractivity contribution in [3.8, 4) is 0 Å². The zero-order chi connectivity index (χ0) is 13.8. The Kier molecular flexibility index (Phi) is 3.94. The molecule has 19 heavy (non-hydrogen) atoms. The second-order valence-corrected chi connectivity index (χ2v) is 4.63. The number of pyridine rings is 1. The fourth-order valence-corrected chi connectivity index (χ4v) is 1.67. The molecule has 1 heterocycles. The van der Waals surface area contributed by atoms with Gasteiger partial charge in [0.2, 0.25) is 5.91 Å². The van der Waals surface area contributed by atoms with Crippen molar-refractivity contribution in [3.05, 3.63) is 27.9 Å². The predicted octanol–water partition coefficient (Wildman–Crippen LogP) is 1.38. The largest absolute Gasteiger partial charge is 0.369 e. The zero-order valence-corrected chi connectivity index (χ0v) is 10.7. The SMILES string of the molecule is Cc1cc([N+](=O)[O-])cnc1NCCC(=O)NC1CC1. The monoisotopic (exact) mass is 264 g/mol. The normalized spacial score (nSPS) is 13.9. The van der Waals surface area contributed by atoms with Crippen LogP contribution in [0.25, 0.3) is 0 Å². The van der Waals surface area contributed by atoms with Gasteiger partial charge in [0.05, 0.1) is 4.92 Å². The first-order valence-electron chi connectivity index (χ1n) is 6.20. The molecular weight excluding hydrogens is 248 g/mol. The van der Waals surface area contributed by atoms with E-state index in [-0.39, 0.29) is 11.6 Å². The number of anilines is 1. The lowest BCUT2D eigenvalue weighted by molar-refractivity contribution is -0.385.